The van der Waals surface area contributed by atoms with Crippen LogP contribution in [0.3, 0.4) is 0 Å². The molecule has 4 nitrogen and oxygen atoms in total. The largest absolute Gasteiger partial charge is 0.444 e. The molecule has 0 bridgehead atoms. The van der Waals surface area contributed by atoms with Crippen molar-refractivity contribution >= 4 is 21.5 Å². The van der Waals surface area contributed by atoms with E-state index in [1.165, 1.54) is 0 Å². The van der Waals surface area contributed by atoms with Crippen LogP contribution in [0, 0.1) is 0 Å². The van der Waals surface area contributed by atoms with Gasteiger partial charge in [-0.2, -0.15) is 0 Å². The fourth-order valence-electron chi connectivity index (χ4n) is 1.29. The Bertz CT molecular complexity index is 359. The van der Waals surface area contributed by atoms with Crippen molar-refractivity contribution in [2.75, 3.05) is 25.1 Å². The lowest BCUT2D eigenvalue weighted by atomic mass is 10.4. The molecule has 2 atom stereocenters. The van der Waals surface area contributed by atoms with E-state index in [0.717, 1.165) is 0 Å². The molecule has 1 amide bonds. The minimum absolute atomic E-state index is 0.0332. The van der Waals surface area contributed by atoms with Gasteiger partial charge in [-0.15, -0.1) is 0 Å². The van der Waals surface area contributed by atoms with Crippen LogP contribution in [0.4, 0.5) is 4.79 Å². The number of carbonyl (C=O) groups excluding carboxylic acids is 1. The number of hydrogen-bond acceptors (Lipinski definition) is 3. The van der Waals surface area contributed by atoms with Gasteiger partial charge in [-0.1, -0.05) is 12.2 Å². The van der Waals surface area contributed by atoms with Crippen LogP contribution >= 0.6 is 0 Å². The van der Waals surface area contributed by atoms with Crippen LogP contribution in [0.1, 0.15) is 6.92 Å². The maximum absolute atomic E-state index is 11.2. The molecule has 1 aliphatic rings. The zero-order valence-electron chi connectivity index (χ0n) is 9.14. The minimum Gasteiger partial charge on any atom is -0.444 e. The Morgan fingerprint density at radius 1 is 1.67 bits per heavy atom. The van der Waals surface area contributed by atoms with Gasteiger partial charge in [0.1, 0.15) is 6.10 Å². The third-order valence-corrected chi connectivity index (χ3v) is 2.88. The third-order valence-electron chi connectivity index (χ3n) is 1.98. The van der Waals surface area contributed by atoms with Crippen molar-refractivity contribution in [2.24, 2.45) is 0 Å². The molecule has 1 aliphatic heterocycles. The van der Waals surface area contributed by atoms with Gasteiger partial charge in [0, 0.05) is 18.6 Å². The van der Waals surface area contributed by atoms with E-state index in [1.807, 2.05) is 13.0 Å². The zero-order valence-corrected chi connectivity index (χ0v) is 9.96. The maximum Gasteiger partial charge on any atom is 0.410 e. The lowest BCUT2D eigenvalue weighted by Gasteiger charge is -2.08. The highest BCUT2D eigenvalue weighted by molar-refractivity contribution is 7.99. The number of hydrogen-bond donors (Lipinski definition) is 0. The molecular formula is C10H17NO3S. The van der Waals surface area contributed by atoms with Gasteiger partial charge in [0.2, 0.25) is 0 Å². The van der Waals surface area contributed by atoms with Crippen LogP contribution in [-0.2, 0) is 14.3 Å². The fourth-order valence-corrected chi connectivity index (χ4v) is 1.83. The summed E-state index contributed by atoms with van der Waals surface area (Å²) in [6, 6.07) is 0. The first kappa shape index (κ1) is 12.1. The summed E-state index contributed by atoms with van der Waals surface area (Å²) in [5.74, 6) is 3.99. The average Bonchev–Trinajstić information content (AvgIpc) is 2.37. The Morgan fingerprint density at radius 3 is 2.80 bits per heavy atom. The fraction of sp³-hybridized carbons (Fsp3) is 0.600. The van der Waals surface area contributed by atoms with Gasteiger partial charge >= 0.3 is 6.09 Å². The van der Waals surface area contributed by atoms with Crippen molar-refractivity contribution in [2.45, 2.75) is 13.0 Å². The molecular weight excluding hydrogens is 214 g/mol. The Kier molecular flexibility index (Phi) is 3.79. The van der Waals surface area contributed by atoms with Crippen LogP contribution < -0.4 is 0 Å². The average molecular weight is 231 g/mol. The molecule has 15 heavy (non-hydrogen) atoms. The number of cyclic esters (lactones) is 1. The molecule has 0 aromatic carbocycles. The summed E-state index contributed by atoms with van der Waals surface area (Å²) in [6.45, 7) is 2.99. The highest BCUT2D eigenvalue weighted by Gasteiger charge is 2.26. The van der Waals surface area contributed by atoms with E-state index in [0.29, 0.717) is 18.8 Å². The monoisotopic (exact) mass is 231 g/mol. The molecule has 5 heteroatoms. The topological polar surface area (TPSA) is 46.6 Å². The van der Waals surface area contributed by atoms with Crippen molar-refractivity contribution in [1.29, 1.82) is 0 Å². The molecule has 86 valence electrons. The summed E-state index contributed by atoms with van der Waals surface area (Å²) in [7, 11) is -1.97. The Morgan fingerprint density at radius 2 is 2.33 bits per heavy atom. The van der Waals surface area contributed by atoms with E-state index in [-0.39, 0.29) is 12.2 Å². The molecule has 0 radical (unpaired) electrons. The predicted octanol–water partition coefficient (Wildman–Crippen LogP) is 0.730. The standard InChI is InChI=1S/C10H17NO3S/c1-9-8-11(10(12)14-9)6-4-5-7-15(2,3)13/h4-5,9H,2,6-8H2,1,3H3/t9-,15?/m0/s1. The van der Waals surface area contributed by atoms with Gasteiger partial charge in [-0.3, -0.25) is 4.21 Å². The van der Waals surface area contributed by atoms with Crippen LogP contribution in [0.2, 0.25) is 0 Å². The SMILES string of the molecule is C=S(C)(=O)CC=CCN1C[C@H](C)OC1=O. The normalized spacial score (nSPS) is 25.6. The lowest BCUT2D eigenvalue weighted by Crippen LogP contribution is -2.24. The second kappa shape index (κ2) is 4.70. The van der Waals surface area contributed by atoms with Crippen LogP contribution in [0.25, 0.3) is 0 Å². The van der Waals surface area contributed by atoms with E-state index >= 15 is 0 Å². The van der Waals surface area contributed by atoms with E-state index in [4.69, 9.17) is 4.74 Å². The summed E-state index contributed by atoms with van der Waals surface area (Å²) in [5.41, 5.74) is 0. The van der Waals surface area contributed by atoms with Crippen molar-refractivity contribution < 1.29 is 13.7 Å². The smallest absolute Gasteiger partial charge is 0.410 e. The number of rotatable bonds is 4. The number of ether oxygens (including phenoxy) is 1. The van der Waals surface area contributed by atoms with Gasteiger partial charge in [0.15, 0.2) is 0 Å². The Hall–Kier alpha value is -0.970. The van der Waals surface area contributed by atoms with Crippen molar-refractivity contribution in [3.63, 3.8) is 0 Å². The molecule has 0 spiro atoms. The quantitative estimate of drug-likeness (QED) is 0.529. The van der Waals surface area contributed by atoms with Gasteiger partial charge in [0.05, 0.1) is 6.54 Å². The molecule has 1 unspecified atom stereocenters. The van der Waals surface area contributed by atoms with Gasteiger partial charge in [-0.05, 0) is 22.3 Å². The summed E-state index contributed by atoms with van der Waals surface area (Å²) in [5, 5.41) is 0. The summed E-state index contributed by atoms with van der Waals surface area (Å²) < 4.78 is 16.2. The summed E-state index contributed by atoms with van der Waals surface area (Å²) in [6.07, 6.45) is 4.93. The van der Waals surface area contributed by atoms with Crippen molar-refractivity contribution in [3.8, 4) is 0 Å². The number of nitrogens with zero attached hydrogens (tertiary/aromatic N) is 1. The molecule has 0 aromatic rings. The van der Waals surface area contributed by atoms with Gasteiger partial charge in [0.25, 0.3) is 0 Å². The molecule has 0 aliphatic carbocycles. The second-order valence-corrected chi connectivity index (χ2v) is 6.62. The second-order valence-electron chi connectivity index (χ2n) is 3.92. The highest BCUT2D eigenvalue weighted by atomic mass is 32.2. The zero-order chi connectivity index (χ0) is 11.5. The van der Waals surface area contributed by atoms with Gasteiger partial charge in [-0.25, -0.2) is 4.79 Å². The van der Waals surface area contributed by atoms with Gasteiger partial charge < -0.3 is 9.64 Å². The molecule has 1 saturated heterocycles. The molecule has 0 aromatic heterocycles. The summed E-state index contributed by atoms with van der Waals surface area (Å²) in [4.78, 5) is 12.8. The Balaban J connectivity index is 2.35. The molecule has 0 N–H and O–H groups in total. The summed E-state index contributed by atoms with van der Waals surface area (Å²) >= 11 is 0. The van der Waals surface area contributed by atoms with Crippen LogP contribution in [0.5, 0.6) is 0 Å². The predicted molar refractivity (Wildman–Crippen MR) is 62.7 cm³/mol. The highest BCUT2D eigenvalue weighted by Crippen LogP contribution is 2.09. The van der Waals surface area contributed by atoms with E-state index in [2.05, 4.69) is 5.87 Å². The van der Waals surface area contributed by atoms with E-state index < -0.39 is 9.52 Å². The lowest BCUT2D eigenvalue weighted by molar-refractivity contribution is 0.139. The van der Waals surface area contributed by atoms with E-state index in [1.54, 1.807) is 17.2 Å². The molecule has 0 saturated carbocycles. The number of carbonyl (C=O) groups is 1. The first-order chi connectivity index (χ1) is 6.88. The first-order valence-corrected chi connectivity index (χ1v) is 7.09. The Labute approximate surface area is 90.9 Å². The third kappa shape index (κ3) is 4.38. The number of amides is 1. The maximum atomic E-state index is 11.2. The molecule has 1 rings (SSSR count). The first-order valence-electron chi connectivity index (χ1n) is 4.79. The van der Waals surface area contributed by atoms with Crippen LogP contribution in [-0.4, -0.2) is 52.3 Å². The molecule has 1 heterocycles. The van der Waals surface area contributed by atoms with Crippen molar-refractivity contribution in [3.05, 3.63) is 12.2 Å². The van der Waals surface area contributed by atoms with Crippen molar-refractivity contribution in [1.82, 2.24) is 4.90 Å². The minimum atomic E-state index is -1.97. The molecule has 1 fully saturated rings. The van der Waals surface area contributed by atoms with E-state index in [9.17, 15) is 9.00 Å². The van der Waals surface area contributed by atoms with Crippen LogP contribution in [0.15, 0.2) is 12.2 Å².